The molecule has 1 saturated heterocycles. The molecule has 0 bridgehead atoms. The average Bonchev–Trinajstić information content (AvgIpc) is 3.46. The smallest absolute Gasteiger partial charge is 0.253 e. The van der Waals surface area contributed by atoms with Crippen LogP contribution < -0.4 is 4.72 Å². The zero-order valence-corrected chi connectivity index (χ0v) is 18.1. The van der Waals surface area contributed by atoms with Crippen molar-refractivity contribution in [2.45, 2.75) is 43.2 Å². The third-order valence-corrected chi connectivity index (χ3v) is 8.16. The number of hydrogen-bond donors (Lipinski definition) is 1. The number of piperazine rings is 1. The molecule has 1 N–H and O–H groups in total. The summed E-state index contributed by atoms with van der Waals surface area (Å²) in [5.74, 6) is -0.0217. The van der Waals surface area contributed by atoms with Gasteiger partial charge < -0.3 is 4.90 Å². The molecule has 2 aromatic rings. The molecule has 2 fully saturated rings. The Kier molecular flexibility index (Phi) is 6.34. The number of nitrogens with one attached hydrogen (secondary N) is 1. The molecule has 1 aromatic heterocycles. The molecule has 2 aliphatic rings. The molecule has 0 atom stereocenters. The second-order valence-corrected chi connectivity index (χ2v) is 10.5. The third-order valence-electron chi connectivity index (χ3n) is 5.87. The fraction of sp³-hybridized carbons (Fsp3) is 0.476. The Morgan fingerprint density at radius 3 is 2.34 bits per heavy atom. The van der Waals surface area contributed by atoms with Gasteiger partial charge in [-0.15, -0.1) is 11.3 Å². The van der Waals surface area contributed by atoms with Crippen LogP contribution in [0.25, 0.3) is 0 Å². The second kappa shape index (κ2) is 8.95. The molecule has 1 amide bonds. The van der Waals surface area contributed by atoms with Gasteiger partial charge in [-0.25, -0.2) is 13.1 Å². The Hall–Kier alpha value is -1.74. The normalized spacial score (nSPS) is 19.0. The summed E-state index contributed by atoms with van der Waals surface area (Å²) >= 11 is 1.51. The van der Waals surface area contributed by atoms with Gasteiger partial charge in [-0.05, 0) is 48.6 Å². The first-order valence-corrected chi connectivity index (χ1v) is 12.5. The van der Waals surface area contributed by atoms with Crippen molar-refractivity contribution < 1.29 is 13.2 Å². The van der Waals surface area contributed by atoms with Crippen LogP contribution in [0, 0.1) is 0 Å². The molecular formula is C21H27N3O3S2. The minimum absolute atomic E-state index is 0.0217. The summed E-state index contributed by atoms with van der Waals surface area (Å²) in [5.41, 5.74) is 0.538. The van der Waals surface area contributed by atoms with Crippen LogP contribution in [0.2, 0.25) is 0 Å². The van der Waals surface area contributed by atoms with E-state index in [9.17, 15) is 13.2 Å². The van der Waals surface area contributed by atoms with Crippen molar-refractivity contribution in [3.05, 3.63) is 52.2 Å². The molecule has 6 nitrogen and oxygen atoms in total. The van der Waals surface area contributed by atoms with Crippen molar-refractivity contribution in [2.24, 2.45) is 0 Å². The van der Waals surface area contributed by atoms with E-state index < -0.39 is 10.0 Å². The average molecular weight is 434 g/mol. The molecular weight excluding hydrogens is 406 g/mol. The van der Waals surface area contributed by atoms with E-state index in [4.69, 9.17) is 0 Å². The van der Waals surface area contributed by atoms with E-state index in [0.717, 1.165) is 31.1 Å². The van der Waals surface area contributed by atoms with Gasteiger partial charge in [-0.3, -0.25) is 9.69 Å². The van der Waals surface area contributed by atoms with Crippen molar-refractivity contribution in [1.82, 2.24) is 14.5 Å². The molecule has 0 spiro atoms. The lowest BCUT2D eigenvalue weighted by Gasteiger charge is -2.38. The minimum atomic E-state index is -3.60. The maximum atomic E-state index is 12.8. The van der Waals surface area contributed by atoms with Crippen LogP contribution in [0.3, 0.4) is 0 Å². The SMILES string of the molecule is O=C(c1ccc(S(=O)(=O)NCc2cccs2)cc1)N1CCN(C2CCCC2)CC1. The number of nitrogens with zero attached hydrogens (tertiary/aromatic N) is 2. The molecule has 1 saturated carbocycles. The fourth-order valence-corrected chi connectivity index (χ4v) is 5.92. The van der Waals surface area contributed by atoms with E-state index in [2.05, 4.69) is 9.62 Å². The Morgan fingerprint density at radius 2 is 1.72 bits per heavy atom. The summed E-state index contributed by atoms with van der Waals surface area (Å²) in [6, 6.07) is 10.7. The molecule has 2 heterocycles. The molecule has 29 heavy (non-hydrogen) atoms. The topological polar surface area (TPSA) is 69.7 Å². The molecule has 1 aliphatic heterocycles. The number of carbonyl (C=O) groups excluding carboxylic acids is 1. The van der Waals surface area contributed by atoms with Gasteiger partial charge in [0, 0.05) is 49.2 Å². The number of hydrogen-bond acceptors (Lipinski definition) is 5. The van der Waals surface area contributed by atoms with Crippen LogP contribution in [0.15, 0.2) is 46.7 Å². The van der Waals surface area contributed by atoms with Crippen molar-refractivity contribution in [3.8, 4) is 0 Å². The first kappa shape index (κ1) is 20.5. The molecule has 4 rings (SSSR count). The van der Waals surface area contributed by atoms with Crippen LogP contribution in [-0.4, -0.2) is 56.3 Å². The number of amides is 1. The van der Waals surface area contributed by atoms with Gasteiger partial charge in [0.1, 0.15) is 0 Å². The minimum Gasteiger partial charge on any atom is -0.336 e. The van der Waals surface area contributed by atoms with Gasteiger partial charge in [0.25, 0.3) is 5.91 Å². The highest BCUT2D eigenvalue weighted by molar-refractivity contribution is 7.89. The van der Waals surface area contributed by atoms with E-state index >= 15 is 0 Å². The second-order valence-electron chi connectivity index (χ2n) is 7.69. The quantitative estimate of drug-likeness (QED) is 0.761. The summed E-state index contributed by atoms with van der Waals surface area (Å²) < 4.78 is 27.5. The maximum absolute atomic E-state index is 12.8. The lowest BCUT2D eigenvalue weighted by molar-refractivity contribution is 0.0573. The third kappa shape index (κ3) is 4.88. The van der Waals surface area contributed by atoms with Crippen molar-refractivity contribution in [3.63, 3.8) is 0 Å². The Bertz CT molecular complexity index is 913. The molecule has 1 aliphatic carbocycles. The monoisotopic (exact) mass is 433 g/mol. The Morgan fingerprint density at radius 1 is 1.03 bits per heavy atom. The lowest BCUT2D eigenvalue weighted by atomic mass is 10.1. The Balaban J connectivity index is 1.34. The molecule has 8 heteroatoms. The Labute approximate surface area is 176 Å². The summed E-state index contributed by atoms with van der Waals surface area (Å²) in [7, 11) is -3.60. The summed E-state index contributed by atoms with van der Waals surface area (Å²) in [6.45, 7) is 3.59. The fourth-order valence-electron chi connectivity index (χ4n) is 4.18. The predicted octanol–water partition coefficient (Wildman–Crippen LogP) is 2.93. The zero-order chi connectivity index (χ0) is 20.3. The van der Waals surface area contributed by atoms with Crippen LogP contribution in [0.5, 0.6) is 0 Å². The van der Waals surface area contributed by atoms with Gasteiger partial charge in [-0.1, -0.05) is 18.9 Å². The maximum Gasteiger partial charge on any atom is 0.253 e. The first-order valence-electron chi connectivity index (χ1n) is 10.2. The number of carbonyl (C=O) groups is 1. The largest absolute Gasteiger partial charge is 0.336 e. The highest BCUT2D eigenvalue weighted by Gasteiger charge is 2.28. The molecule has 1 aromatic carbocycles. The van der Waals surface area contributed by atoms with E-state index in [1.807, 2.05) is 22.4 Å². The number of benzene rings is 1. The zero-order valence-electron chi connectivity index (χ0n) is 16.4. The van der Waals surface area contributed by atoms with Crippen molar-refractivity contribution in [1.29, 1.82) is 0 Å². The number of rotatable bonds is 6. The van der Waals surface area contributed by atoms with Crippen LogP contribution >= 0.6 is 11.3 Å². The van der Waals surface area contributed by atoms with Gasteiger partial charge in [-0.2, -0.15) is 0 Å². The van der Waals surface area contributed by atoms with E-state index in [-0.39, 0.29) is 17.3 Å². The van der Waals surface area contributed by atoms with Crippen LogP contribution in [0.1, 0.15) is 40.9 Å². The molecule has 156 valence electrons. The highest BCUT2D eigenvalue weighted by atomic mass is 32.2. The summed E-state index contributed by atoms with van der Waals surface area (Å²) in [6.07, 6.45) is 5.21. The molecule has 0 unspecified atom stereocenters. The standard InChI is InChI=1S/C21H27N3O3S2/c25-21(24-13-11-23(12-14-24)18-4-1-2-5-18)17-7-9-20(10-8-17)29(26,27)22-16-19-6-3-15-28-19/h3,6-10,15,18,22H,1-2,4-5,11-14,16H2. The number of thiophene rings is 1. The van der Waals surface area contributed by atoms with E-state index in [1.165, 1.54) is 49.2 Å². The van der Waals surface area contributed by atoms with Crippen LogP contribution in [0.4, 0.5) is 0 Å². The van der Waals surface area contributed by atoms with Gasteiger partial charge in [0.15, 0.2) is 0 Å². The summed E-state index contributed by atoms with van der Waals surface area (Å²) in [5, 5.41) is 1.91. The molecule has 0 radical (unpaired) electrons. The van der Waals surface area contributed by atoms with Gasteiger partial charge >= 0.3 is 0 Å². The lowest BCUT2D eigenvalue weighted by Crippen LogP contribution is -2.51. The van der Waals surface area contributed by atoms with E-state index in [0.29, 0.717) is 11.6 Å². The highest BCUT2D eigenvalue weighted by Crippen LogP contribution is 2.24. The van der Waals surface area contributed by atoms with Crippen molar-refractivity contribution >= 4 is 27.3 Å². The van der Waals surface area contributed by atoms with Crippen LogP contribution in [-0.2, 0) is 16.6 Å². The van der Waals surface area contributed by atoms with Gasteiger partial charge in [0.05, 0.1) is 4.90 Å². The van der Waals surface area contributed by atoms with E-state index in [1.54, 1.807) is 12.1 Å². The summed E-state index contributed by atoms with van der Waals surface area (Å²) in [4.78, 5) is 18.3. The van der Waals surface area contributed by atoms with Crippen molar-refractivity contribution in [2.75, 3.05) is 26.2 Å². The number of sulfonamides is 1. The predicted molar refractivity (Wildman–Crippen MR) is 115 cm³/mol. The first-order chi connectivity index (χ1) is 14.0. The van der Waals surface area contributed by atoms with Gasteiger partial charge in [0.2, 0.25) is 10.0 Å².